The Hall–Kier alpha value is -0.170. The second-order valence-corrected chi connectivity index (χ2v) is 6.27. The molecule has 0 atom stereocenters. The normalized spacial score (nSPS) is 16.9. The Kier molecular flexibility index (Phi) is 5.68. The van der Waals surface area contributed by atoms with Gasteiger partial charge in [-0.2, -0.15) is 12.7 Å². The molecule has 0 saturated heterocycles. The van der Waals surface area contributed by atoms with Crippen LogP contribution in [-0.4, -0.2) is 46.5 Å². The maximum Gasteiger partial charge on any atom is 0.279 e. The highest BCUT2D eigenvalue weighted by Gasteiger charge is 2.22. The van der Waals surface area contributed by atoms with Gasteiger partial charge in [0.1, 0.15) is 0 Å². The molecule has 16 heavy (non-hydrogen) atoms. The molecule has 0 heterocycles. The van der Waals surface area contributed by atoms with Crippen molar-refractivity contribution in [3.63, 3.8) is 0 Å². The second-order valence-electron chi connectivity index (χ2n) is 4.41. The fraction of sp³-hybridized carbons (Fsp3) is 1.00. The molecule has 0 aromatic carbocycles. The van der Waals surface area contributed by atoms with Gasteiger partial charge in [0.05, 0.1) is 0 Å². The Bertz CT molecular complexity index is 288. The van der Waals surface area contributed by atoms with Crippen molar-refractivity contribution in [1.82, 2.24) is 14.3 Å². The van der Waals surface area contributed by atoms with Gasteiger partial charge in [-0.05, 0) is 32.4 Å². The van der Waals surface area contributed by atoms with Gasteiger partial charge in [-0.1, -0.05) is 12.8 Å². The summed E-state index contributed by atoms with van der Waals surface area (Å²) >= 11 is 0. The molecule has 1 aliphatic rings. The van der Waals surface area contributed by atoms with E-state index in [4.69, 9.17) is 0 Å². The van der Waals surface area contributed by atoms with E-state index in [1.807, 2.05) is 7.05 Å². The smallest absolute Gasteiger partial charge is 0.279 e. The van der Waals surface area contributed by atoms with Crippen LogP contribution >= 0.6 is 0 Å². The molecule has 0 radical (unpaired) electrons. The zero-order valence-corrected chi connectivity index (χ0v) is 11.0. The minimum Gasteiger partial charge on any atom is -0.320 e. The zero-order chi connectivity index (χ0) is 12.0. The fourth-order valence-corrected chi connectivity index (χ4v) is 2.47. The second kappa shape index (κ2) is 6.54. The third-order valence-corrected chi connectivity index (χ3v) is 4.42. The molecule has 96 valence electrons. The van der Waals surface area contributed by atoms with Crippen LogP contribution in [0.1, 0.15) is 25.7 Å². The van der Waals surface area contributed by atoms with E-state index in [2.05, 4.69) is 10.0 Å². The molecule has 0 spiro atoms. The summed E-state index contributed by atoms with van der Waals surface area (Å²) in [6.45, 7) is 1.96. The van der Waals surface area contributed by atoms with Crippen molar-refractivity contribution in [2.45, 2.75) is 25.7 Å². The van der Waals surface area contributed by atoms with Crippen molar-refractivity contribution in [1.29, 1.82) is 0 Å². The Labute approximate surface area is 98.8 Å². The van der Waals surface area contributed by atoms with E-state index in [1.54, 1.807) is 7.05 Å². The topological polar surface area (TPSA) is 61.4 Å². The molecular weight excluding hydrogens is 226 g/mol. The molecule has 0 amide bonds. The molecule has 2 N–H and O–H groups in total. The quantitative estimate of drug-likeness (QED) is 0.572. The summed E-state index contributed by atoms with van der Waals surface area (Å²) in [6, 6.07) is 0. The van der Waals surface area contributed by atoms with Gasteiger partial charge in [0.15, 0.2) is 0 Å². The highest BCUT2D eigenvalue weighted by molar-refractivity contribution is 7.87. The summed E-state index contributed by atoms with van der Waals surface area (Å²) in [4.78, 5) is 0. The van der Waals surface area contributed by atoms with Crippen LogP contribution in [0, 0.1) is 5.92 Å². The van der Waals surface area contributed by atoms with E-state index in [0.717, 1.165) is 25.3 Å². The third kappa shape index (κ3) is 5.25. The monoisotopic (exact) mass is 249 g/mol. The first kappa shape index (κ1) is 13.9. The molecule has 0 bridgehead atoms. The van der Waals surface area contributed by atoms with Crippen molar-refractivity contribution in [3.05, 3.63) is 0 Å². The van der Waals surface area contributed by atoms with Crippen LogP contribution in [0.15, 0.2) is 0 Å². The molecule has 5 nitrogen and oxygen atoms in total. The number of rotatable bonds is 9. The fourth-order valence-electron chi connectivity index (χ4n) is 1.51. The molecule has 0 aromatic rings. The molecular formula is C10H23N3O2S. The zero-order valence-electron chi connectivity index (χ0n) is 10.2. The maximum atomic E-state index is 11.7. The summed E-state index contributed by atoms with van der Waals surface area (Å²) in [5.74, 6) is 0.761. The lowest BCUT2D eigenvalue weighted by molar-refractivity contribution is 0.446. The van der Waals surface area contributed by atoms with Crippen LogP contribution in [0.2, 0.25) is 0 Å². The third-order valence-electron chi connectivity index (χ3n) is 2.84. The first-order valence-corrected chi connectivity index (χ1v) is 7.36. The van der Waals surface area contributed by atoms with Crippen LogP contribution < -0.4 is 10.0 Å². The summed E-state index contributed by atoms with van der Waals surface area (Å²) in [5.41, 5.74) is 0. The molecule has 1 saturated carbocycles. The molecule has 0 aliphatic heterocycles. The van der Waals surface area contributed by atoms with Gasteiger partial charge in [-0.3, -0.25) is 0 Å². The molecule has 0 unspecified atom stereocenters. The highest BCUT2D eigenvalue weighted by atomic mass is 32.2. The summed E-state index contributed by atoms with van der Waals surface area (Å²) in [7, 11) is 0.231. The van der Waals surface area contributed by atoms with Crippen LogP contribution in [0.3, 0.4) is 0 Å². The van der Waals surface area contributed by atoms with Crippen molar-refractivity contribution >= 4 is 10.2 Å². The average Bonchev–Trinajstić information content (AvgIpc) is 3.01. The van der Waals surface area contributed by atoms with Crippen molar-refractivity contribution in [3.8, 4) is 0 Å². The lowest BCUT2D eigenvalue weighted by Gasteiger charge is -2.17. The molecule has 1 rings (SSSR count). The maximum absolute atomic E-state index is 11.7. The highest BCUT2D eigenvalue weighted by Crippen LogP contribution is 2.31. The van der Waals surface area contributed by atoms with Gasteiger partial charge in [-0.25, -0.2) is 4.72 Å². The van der Waals surface area contributed by atoms with Crippen LogP contribution in [0.25, 0.3) is 0 Å². The van der Waals surface area contributed by atoms with Gasteiger partial charge in [0, 0.05) is 20.1 Å². The van der Waals surface area contributed by atoms with E-state index >= 15 is 0 Å². The largest absolute Gasteiger partial charge is 0.320 e. The van der Waals surface area contributed by atoms with Crippen molar-refractivity contribution in [2.75, 3.05) is 33.7 Å². The van der Waals surface area contributed by atoms with Crippen molar-refractivity contribution in [2.24, 2.45) is 5.92 Å². The molecule has 1 aliphatic carbocycles. The van der Waals surface area contributed by atoms with E-state index in [0.29, 0.717) is 13.1 Å². The average molecular weight is 249 g/mol. The lowest BCUT2D eigenvalue weighted by atomic mass is 10.3. The van der Waals surface area contributed by atoms with Crippen LogP contribution in [-0.2, 0) is 10.2 Å². The Morgan fingerprint density at radius 3 is 2.56 bits per heavy atom. The Morgan fingerprint density at radius 2 is 2.00 bits per heavy atom. The van der Waals surface area contributed by atoms with E-state index < -0.39 is 10.2 Å². The predicted octanol–water partition coefficient (Wildman–Crippen LogP) is 0.162. The standard InChI is InChI=1S/C10H23N3O2S/c1-11-7-3-9-13(2)16(14,15)12-8-6-10-4-5-10/h10-12H,3-9H2,1-2H3. The lowest BCUT2D eigenvalue weighted by Crippen LogP contribution is -2.39. The minimum absolute atomic E-state index is 0.555. The van der Waals surface area contributed by atoms with Gasteiger partial charge in [0.25, 0.3) is 10.2 Å². The van der Waals surface area contributed by atoms with Gasteiger partial charge >= 0.3 is 0 Å². The number of nitrogens with one attached hydrogen (secondary N) is 2. The summed E-state index contributed by atoms with van der Waals surface area (Å²) in [6.07, 6.45) is 4.33. The number of nitrogens with zero attached hydrogens (tertiary/aromatic N) is 1. The Morgan fingerprint density at radius 1 is 1.31 bits per heavy atom. The molecule has 1 fully saturated rings. The predicted molar refractivity (Wildman–Crippen MR) is 65.4 cm³/mol. The Balaban J connectivity index is 2.18. The molecule has 0 aromatic heterocycles. The summed E-state index contributed by atoms with van der Waals surface area (Å²) < 4.78 is 27.5. The SMILES string of the molecule is CNCCCN(C)S(=O)(=O)NCCC1CC1. The minimum atomic E-state index is -3.25. The first-order chi connectivity index (χ1) is 7.56. The van der Waals surface area contributed by atoms with Crippen molar-refractivity contribution < 1.29 is 8.42 Å². The molecule has 6 heteroatoms. The van der Waals surface area contributed by atoms with Gasteiger partial charge < -0.3 is 5.32 Å². The van der Waals surface area contributed by atoms with Gasteiger partial charge in [0.2, 0.25) is 0 Å². The van der Waals surface area contributed by atoms with E-state index in [-0.39, 0.29) is 0 Å². The van der Waals surface area contributed by atoms with Gasteiger partial charge in [-0.15, -0.1) is 0 Å². The summed E-state index contributed by atoms with van der Waals surface area (Å²) in [5, 5.41) is 3.00. The number of hydrogen-bond donors (Lipinski definition) is 2. The van der Waals surface area contributed by atoms with E-state index in [9.17, 15) is 8.42 Å². The number of hydrogen-bond acceptors (Lipinski definition) is 3. The first-order valence-electron chi connectivity index (χ1n) is 5.92. The van der Waals surface area contributed by atoms with Crippen LogP contribution in [0.4, 0.5) is 0 Å². The van der Waals surface area contributed by atoms with E-state index in [1.165, 1.54) is 17.1 Å². The van der Waals surface area contributed by atoms with Crippen LogP contribution in [0.5, 0.6) is 0 Å².